The number of hydrogen-bond acceptors (Lipinski definition) is 5. The molecule has 8 nitrogen and oxygen atoms in total. The molecule has 0 spiro atoms. The van der Waals surface area contributed by atoms with Crippen LogP contribution in [0.15, 0.2) is 0 Å². The van der Waals surface area contributed by atoms with Gasteiger partial charge in [-0.2, -0.15) is 15.1 Å². The zero-order valence-electron chi connectivity index (χ0n) is 10.8. The Morgan fingerprint density at radius 3 is 3.00 bits per heavy atom. The summed E-state index contributed by atoms with van der Waals surface area (Å²) >= 11 is 11.9. The Hall–Kier alpha value is -1.80. The Morgan fingerprint density at radius 2 is 2.24 bits per heavy atom. The Morgan fingerprint density at radius 1 is 1.43 bits per heavy atom. The molecule has 0 aliphatic carbocycles. The van der Waals surface area contributed by atoms with Crippen molar-refractivity contribution in [3.05, 3.63) is 10.4 Å². The normalized spacial score (nSPS) is 19.0. The highest BCUT2D eigenvalue weighted by Gasteiger charge is 2.24. The van der Waals surface area contributed by atoms with Crippen molar-refractivity contribution in [3.8, 4) is 0 Å². The van der Waals surface area contributed by atoms with Crippen LogP contribution in [-0.4, -0.2) is 55.4 Å². The van der Waals surface area contributed by atoms with Crippen LogP contribution >= 0.6 is 23.2 Å². The molecule has 3 rings (SSSR count). The van der Waals surface area contributed by atoms with Crippen molar-refractivity contribution >= 4 is 46.1 Å². The van der Waals surface area contributed by atoms with Gasteiger partial charge in [-0.25, -0.2) is 4.79 Å². The number of piperidine rings is 1. The van der Waals surface area contributed by atoms with Crippen molar-refractivity contribution in [2.75, 3.05) is 18.4 Å². The summed E-state index contributed by atoms with van der Waals surface area (Å²) in [6.45, 7) is 0.924. The predicted octanol–water partition coefficient (Wildman–Crippen LogP) is 2.21. The molecule has 1 amide bonds. The lowest BCUT2D eigenvalue weighted by molar-refractivity contribution is 0.133. The van der Waals surface area contributed by atoms with Crippen LogP contribution in [0.2, 0.25) is 10.4 Å². The van der Waals surface area contributed by atoms with E-state index in [0.29, 0.717) is 29.9 Å². The van der Waals surface area contributed by atoms with Crippen molar-refractivity contribution in [1.29, 1.82) is 0 Å². The lowest BCUT2D eigenvalue weighted by Crippen LogP contribution is -2.44. The largest absolute Gasteiger partial charge is 0.465 e. The first-order valence-corrected chi connectivity index (χ1v) is 7.11. The minimum absolute atomic E-state index is 0.0602. The highest BCUT2D eigenvalue weighted by molar-refractivity contribution is 6.35. The molecule has 1 aliphatic heterocycles. The number of amides is 1. The monoisotopic (exact) mass is 330 g/mol. The molecule has 1 atom stereocenters. The van der Waals surface area contributed by atoms with Gasteiger partial charge in [-0.3, -0.25) is 5.10 Å². The summed E-state index contributed by atoms with van der Waals surface area (Å²) in [6.07, 6.45) is 0.696. The molecule has 3 N–H and O–H groups in total. The van der Waals surface area contributed by atoms with Crippen LogP contribution in [-0.2, 0) is 0 Å². The number of fused-ring (bicyclic) bond motifs is 1. The molecule has 1 unspecified atom stereocenters. The molecule has 0 aromatic carbocycles. The van der Waals surface area contributed by atoms with Gasteiger partial charge in [0.1, 0.15) is 11.2 Å². The van der Waals surface area contributed by atoms with Crippen molar-refractivity contribution in [2.24, 2.45) is 0 Å². The number of hydrogen-bond donors (Lipinski definition) is 3. The van der Waals surface area contributed by atoms with Crippen LogP contribution in [0.5, 0.6) is 0 Å². The maximum atomic E-state index is 11.0. The van der Waals surface area contributed by atoms with Crippen LogP contribution in [0.3, 0.4) is 0 Å². The number of aromatic nitrogens is 4. The van der Waals surface area contributed by atoms with E-state index in [2.05, 4.69) is 25.5 Å². The molecule has 0 saturated carbocycles. The van der Waals surface area contributed by atoms with Gasteiger partial charge in [0.2, 0.25) is 5.28 Å². The predicted molar refractivity (Wildman–Crippen MR) is 77.9 cm³/mol. The quantitative estimate of drug-likeness (QED) is 0.729. The lowest BCUT2D eigenvalue weighted by atomic mass is 10.1. The Labute approximate surface area is 129 Å². The summed E-state index contributed by atoms with van der Waals surface area (Å²) in [5.41, 5.74) is 0.438. The van der Waals surface area contributed by atoms with E-state index in [4.69, 9.17) is 28.3 Å². The SMILES string of the molecule is O=C(O)N1CCCC(Nc2nc(Cl)nc3[nH]nc(Cl)c23)C1. The van der Waals surface area contributed by atoms with E-state index in [1.165, 1.54) is 4.90 Å². The third kappa shape index (κ3) is 2.81. The second-order valence-electron chi connectivity index (χ2n) is 4.79. The fourth-order valence-electron chi connectivity index (χ4n) is 2.43. The number of aromatic amines is 1. The number of halogens is 2. The number of carbonyl (C=O) groups is 1. The first-order chi connectivity index (χ1) is 10.0. The molecule has 1 aliphatic rings. The second-order valence-corrected chi connectivity index (χ2v) is 5.49. The van der Waals surface area contributed by atoms with Crippen LogP contribution in [0, 0.1) is 0 Å². The number of anilines is 1. The molecule has 1 saturated heterocycles. The summed E-state index contributed by atoms with van der Waals surface area (Å²) in [5, 5.41) is 19.7. The molecule has 0 bridgehead atoms. The van der Waals surface area contributed by atoms with Crippen molar-refractivity contribution in [2.45, 2.75) is 18.9 Å². The highest BCUT2D eigenvalue weighted by atomic mass is 35.5. The average Bonchev–Trinajstić information content (AvgIpc) is 2.80. The van der Waals surface area contributed by atoms with E-state index in [-0.39, 0.29) is 16.5 Å². The Balaban J connectivity index is 1.87. The third-order valence-electron chi connectivity index (χ3n) is 3.38. The van der Waals surface area contributed by atoms with Gasteiger partial charge in [0.15, 0.2) is 10.8 Å². The molecule has 0 radical (unpaired) electrons. The lowest BCUT2D eigenvalue weighted by Gasteiger charge is -2.31. The molecule has 2 aromatic rings. The van der Waals surface area contributed by atoms with Gasteiger partial charge in [0, 0.05) is 19.1 Å². The number of H-pyrrole nitrogens is 1. The molecule has 3 heterocycles. The topological polar surface area (TPSA) is 107 Å². The summed E-state index contributed by atoms with van der Waals surface area (Å²) in [6, 6.07) is -0.0602. The van der Waals surface area contributed by atoms with Crippen molar-refractivity contribution in [3.63, 3.8) is 0 Å². The number of nitrogens with zero attached hydrogens (tertiary/aromatic N) is 4. The zero-order chi connectivity index (χ0) is 15.0. The summed E-state index contributed by atoms with van der Waals surface area (Å²) < 4.78 is 0. The fraction of sp³-hybridized carbons (Fsp3) is 0.455. The van der Waals surface area contributed by atoms with Crippen LogP contribution < -0.4 is 5.32 Å². The first kappa shape index (κ1) is 14.2. The Kier molecular flexibility index (Phi) is 3.73. The summed E-state index contributed by atoms with van der Waals surface area (Å²) in [4.78, 5) is 20.6. The molecule has 1 fully saturated rings. The minimum Gasteiger partial charge on any atom is -0.465 e. The van der Waals surface area contributed by atoms with Gasteiger partial charge in [-0.05, 0) is 24.4 Å². The van der Waals surface area contributed by atoms with E-state index in [1.807, 2.05) is 0 Å². The maximum Gasteiger partial charge on any atom is 0.407 e. The van der Waals surface area contributed by atoms with Gasteiger partial charge >= 0.3 is 6.09 Å². The molecule has 2 aromatic heterocycles. The second kappa shape index (κ2) is 5.53. The van der Waals surface area contributed by atoms with Gasteiger partial charge in [-0.1, -0.05) is 11.6 Å². The van der Waals surface area contributed by atoms with Gasteiger partial charge in [-0.15, -0.1) is 0 Å². The number of rotatable bonds is 2. The van der Waals surface area contributed by atoms with E-state index in [9.17, 15) is 4.79 Å². The number of likely N-dealkylation sites (tertiary alicyclic amines) is 1. The van der Waals surface area contributed by atoms with Crippen LogP contribution in [0.25, 0.3) is 11.0 Å². The first-order valence-electron chi connectivity index (χ1n) is 6.36. The minimum atomic E-state index is -0.922. The average molecular weight is 331 g/mol. The van der Waals surface area contributed by atoms with E-state index < -0.39 is 6.09 Å². The summed E-state index contributed by atoms with van der Waals surface area (Å²) in [7, 11) is 0. The van der Waals surface area contributed by atoms with E-state index in [1.54, 1.807) is 0 Å². The van der Waals surface area contributed by atoms with Gasteiger partial charge in [0.25, 0.3) is 0 Å². The van der Waals surface area contributed by atoms with E-state index in [0.717, 1.165) is 12.8 Å². The molecular formula is C11H12Cl2N6O2. The molecule has 10 heteroatoms. The molecular weight excluding hydrogens is 319 g/mol. The number of nitrogens with one attached hydrogen (secondary N) is 2. The zero-order valence-corrected chi connectivity index (χ0v) is 12.3. The van der Waals surface area contributed by atoms with Crippen molar-refractivity contribution < 1.29 is 9.90 Å². The number of carboxylic acid groups (broad SMARTS) is 1. The van der Waals surface area contributed by atoms with Gasteiger partial charge in [0.05, 0.1) is 0 Å². The smallest absolute Gasteiger partial charge is 0.407 e. The third-order valence-corrected chi connectivity index (χ3v) is 3.82. The van der Waals surface area contributed by atoms with E-state index >= 15 is 0 Å². The van der Waals surface area contributed by atoms with Crippen molar-refractivity contribution in [1.82, 2.24) is 25.1 Å². The fourth-order valence-corrected chi connectivity index (χ4v) is 2.82. The van der Waals surface area contributed by atoms with Crippen LogP contribution in [0.1, 0.15) is 12.8 Å². The van der Waals surface area contributed by atoms with Gasteiger partial charge < -0.3 is 15.3 Å². The van der Waals surface area contributed by atoms with Crippen LogP contribution in [0.4, 0.5) is 10.6 Å². The molecule has 112 valence electrons. The molecule has 21 heavy (non-hydrogen) atoms. The Bertz CT molecular complexity index is 691. The summed E-state index contributed by atoms with van der Waals surface area (Å²) in [5.74, 6) is 0.459. The maximum absolute atomic E-state index is 11.0. The highest BCUT2D eigenvalue weighted by Crippen LogP contribution is 2.28. The standard InChI is InChI=1S/C11H12Cl2N6O2/c12-7-6-8(15-10(13)16-9(6)18-17-7)14-5-2-1-3-19(4-5)11(20)21/h5H,1-4H2,(H,20,21)(H2,14,15,16,17,18).